The first-order chi connectivity index (χ1) is 7.63. The van der Waals surface area contributed by atoms with E-state index in [0.29, 0.717) is 12.3 Å². The first-order valence-corrected chi connectivity index (χ1v) is 5.18. The lowest BCUT2D eigenvalue weighted by atomic mass is 10.4. The van der Waals surface area contributed by atoms with E-state index in [1.807, 2.05) is 31.9 Å². The van der Waals surface area contributed by atoms with E-state index in [9.17, 15) is 0 Å². The second kappa shape index (κ2) is 6.03. The molecule has 0 unspecified atom stereocenters. The zero-order chi connectivity index (χ0) is 12.0. The topological polar surface area (TPSA) is 62.0 Å². The molecule has 0 saturated carbocycles. The molecule has 0 aliphatic heterocycles. The van der Waals surface area contributed by atoms with Crippen LogP contribution in [-0.2, 0) is 4.74 Å². The molecule has 0 spiro atoms. The smallest absolute Gasteiger partial charge is 0.158 e. The number of nitrogens with zero attached hydrogens (tertiary/aromatic N) is 4. The Labute approximate surface area is 95.7 Å². The number of hydrogen-bond acceptors (Lipinski definition) is 5. The van der Waals surface area contributed by atoms with Crippen molar-refractivity contribution in [2.75, 3.05) is 25.1 Å². The standard InChI is InChI=1S/C11H16N4O/c1-9(2)16-5-4-15(3)11-8-13-10(6-12)7-14-11/h7-9H,4-5H2,1-3H3. The molecule has 5 heteroatoms. The third kappa shape index (κ3) is 3.83. The number of rotatable bonds is 5. The molecule has 1 aromatic rings. The van der Waals surface area contributed by atoms with Gasteiger partial charge < -0.3 is 9.64 Å². The fraction of sp³-hybridized carbons (Fsp3) is 0.545. The van der Waals surface area contributed by atoms with Crippen molar-refractivity contribution in [2.24, 2.45) is 0 Å². The van der Waals surface area contributed by atoms with Gasteiger partial charge in [-0.2, -0.15) is 5.26 Å². The van der Waals surface area contributed by atoms with Crippen molar-refractivity contribution >= 4 is 5.82 Å². The number of nitriles is 1. The van der Waals surface area contributed by atoms with Crippen LogP contribution in [0.5, 0.6) is 0 Å². The van der Waals surface area contributed by atoms with Gasteiger partial charge >= 0.3 is 0 Å². The summed E-state index contributed by atoms with van der Waals surface area (Å²) < 4.78 is 5.44. The molecule has 86 valence electrons. The molecule has 0 aliphatic carbocycles. The average molecular weight is 220 g/mol. The fourth-order valence-corrected chi connectivity index (χ4v) is 1.12. The van der Waals surface area contributed by atoms with E-state index in [1.54, 1.807) is 6.20 Å². The van der Waals surface area contributed by atoms with E-state index in [-0.39, 0.29) is 6.10 Å². The van der Waals surface area contributed by atoms with Crippen LogP contribution in [-0.4, -0.2) is 36.3 Å². The first-order valence-electron chi connectivity index (χ1n) is 5.18. The Morgan fingerprint density at radius 1 is 1.44 bits per heavy atom. The summed E-state index contributed by atoms with van der Waals surface area (Å²) in [7, 11) is 1.92. The summed E-state index contributed by atoms with van der Waals surface area (Å²) in [6, 6.07) is 1.93. The monoisotopic (exact) mass is 220 g/mol. The maximum absolute atomic E-state index is 8.58. The number of aromatic nitrogens is 2. The molecule has 0 amide bonds. The van der Waals surface area contributed by atoms with E-state index in [1.165, 1.54) is 6.20 Å². The van der Waals surface area contributed by atoms with E-state index < -0.39 is 0 Å². The third-order valence-corrected chi connectivity index (χ3v) is 2.02. The minimum absolute atomic E-state index is 0.237. The van der Waals surface area contributed by atoms with Gasteiger partial charge in [0.25, 0.3) is 0 Å². The van der Waals surface area contributed by atoms with Crippen molar-refractivity contribution in [3.05, 3.63) is 18.1 Å². The predicted octanol–water partition coefficient (Wildman–Crippen LogP) is 1.21. The molecule has 0 N–H and O–H groups in total. The minimum Gasteiger partial charge on any atom is -0.377 e. The highest BCUT2D eigenvalue weighted by Gasteiger charge is 2.03. The van der Waals surface area contributed by atoms with Crippen LogP contribution >= 0.6 is 0 Å². The predicted molar refractivity (Wildman–Crippen MR) is 61.1 cm³/mol. The largest absolute Gasteiger partial charge is 0.377 e. The van der Waals surface area contributed by atoms with Crippen LogP contribution in [0.4, 0.5) is 5.82 Å². The highest BCUT2D eigenvalue weighted by Crippen LogP contribution is 2.05. The van der Waals surface area contributed by atoms with E-state index >= 15 is 0 Å². The zero-order valence-electron chi connectivity index (χ0n) is 9.84. The SMILES string of the molecule is CC(C)OCCN(C)c1cnc(C#N)cn1. The van der Waals surface area contributed by atoms with E-state index in [2.05, 4.69) is 9.97 Å². The molecular formula is C11H16N4O. The lowest BCUT2D eigenvalue weighted by molar-refractivity contribution is 0.0845. The van der Waals surface area contributed by atoms with Crippen molar-refractivity contribution in [1.29, 1.82) is 5.26 Å². The van der Waals surface area contributed by atoms with Crippen LogP contribution < -0.4 is 4.90 Å². The van der Waals surface area contributed by atoms with Gasteiger partial charge in [-0.05, 0) is 13.8 Å². The molecule has 5 nitrogen and oxygen atoms in total. The lowest BCUT2D eigenvalue weighted by Gasteiger charge is -2.18. The van der Waals surface area contributed by atoms with Crippen molar-refractivity contribution in [3.8, 4) is 6.07 Å². The van der Waals surface area contributed by atoms with E-state index in [0.717, 1.165) is 12.4 Å². The summed E-state index contributed by atoms with van der Waals surface area (Å²) in [6.07, 6.45) is 3.30. The van der Waals surface area contributed by atoms with Gasteiger partial charge in [0.1, 0.15) is 11.9 Å². The van der Waals surface area contributed by atoms with Crippen molar-refractivity contribution in [3.63, 3.8) is 0 Å². The van der Waals surface area contributed by atoms with Gasteiger partial charge in [0.2, 0.25) is 0 Å². The molecule has 0 fully saturated rings. The minimum atomic E-state index is 0.237. The Kier molecular flexibility index (Phi) is 4.67. The number of ether oxygens (including phenoxy) is 1. The molecule has 0 atom stereocenters. The van der Waals surface area contributed by atoms with Gasteiger partial charge in [-0.15, -0.1) is 0 Å². The van der Waals surface area contributed by atoms with Gasteiger partial charge in [-0.1, -0.05) is 0 Å². The summed E-state index contributed by atoms with van der Waals surface area (Å²) in [5, 5.41) is 8.58. The Hall–Kier alpha value is -1.67. The summed E-state index contributed by atoms with van der Waals surface area (Å²) in [4.78, 5) is 10.0. The highest BCUT2D eigenvalue weighted by atomic mass is 16.5. The second-order valence-electron chi connectivity index (χ2n) is 3.71. The normalized spacial score (nSPS) is 10.2. The molecule has 0 bridgehead atoms. The maximum atomic E-state index is 8.58. The van der Waals surface area contributed by atoms with E-state index in [4.69, 9.17) is 10.00 Å². The quantitative estimate of drug-likeness (QED) is 0.746. The van der Waals surface area contributed by atoms with Gasteiger partial charge in [-0.3, -0.25) is 0 Å². The molecule has 1 heterocycles. The van der Waals surface area contributed by atoms with Gasteiger partial charge in [-0.25, -0.2) is 9.97 Å². The maximum Gasteiger partial charge on any atom is 0.158 e. The number of likely N-dealkylation sites (N-methyl/N-ethyl adjacent to an activating group) is 1. The summed E-state index contributed by atoms with van der Waals surface area (Å²) >= 11 is 0. The summed E-state index contributed by atoms with van der Waals surface area (Å²) in [5.74, 6) is 0.742. The zero-order valence-corrected chi connectivity index (χ0v) is 9.84. The Morgan fingerprint density at radius 2 is 2.19 bits per heavy atom. The number of anilines is 1. The Bertz CT molecular complexity index is 355. The average Bonchev–Trinajstić information content (AvgIpc) is 2.28. The van der Waals surface area contributed by atoms with Gasteiger partial charge in [0.15, 0.2) is 5.69 Å². The van der Waals surface area contributed by atoms with Crippen molar-refractivity contribution < 1.29 is 4.74 Å². The van der Waals surface area contributed by atoms with Crippen LogP contribution in [0.15, 0.2) is 12.4 Å². The Balaban J connectivity index is 2.47. The van der Waals surface area contributed by atoms with Crippen LogP contribution in [0.3, 0.4) is 0 Å². The molecule has 0 radical (unpaired) electrons. The van der Waals surface area contributed by atoms with Crippen molar-refractivity contribution in [2.45, 2.75) is 20.0 Å². The second-order valence-corrected chi connectivity index (χ2v) is 3.71. The molecule has 0 aliphatic rings. The third-order valence-electron chi connectivity index (χ3n) is 2.02. The molecule has 0 aromatic carbocycles. The van der Waals surface area contributed by atoms with Crippen molar-refractivity contribution in [1.82, 2.24) is 9.97 Å². The highest BCUT2D eigenvalue weighted by molar-refractivity contribution is 5.35. The summed E-state index contributed by atoms with van der Waals surface area (Å²) in [5.41, 5.74) is 0.329. The summed E-state index contributed by atoms with van der Waals surface area (Å²) in [6.45, 7) is 5.40. The van der Waals surface area contributed by atoms with Crippen LogP contribution in [0.25, 0.3) is 0 Å². The van der Waals surface area contributed by atoms with Crippen LogP contribution in [0.2, 0.25) is 0 Å². The van der Waals surface area contributed by atoms with Crippen LogP contribution in [0.1, 0.15) is 19.5 Å². The molecule has 0 saturated heterocycles. The first kappa shape index (κ1) is 12.4. The Morgan fingerprint density at radius 3 is 2.69 bits per heavy atom. The molecule has 1 rings (SSSR count). The number of hydrogen-bond donors (Lipinski definition) is 0. The molecular weight excluding hydrogens is 204 g/mol. The fourth-order valence-electron chi connectivity index (χ4n) is 1.12. The molecule has 1 aromatic heterocycles. The van der Waals surface area contributed by atoms with Gasteiger partial charge in [0.05, 0.1) is 25.1 Å². The molecule has 16 heavy (non-hydrogen) atoms. The lowest BCUT2D eigenvalue weighted by Crippen LogP contribution is -2.24. The van der Waals surface area contributed by atoms with Gasteiger partial charge in [0, 0.05) is 13.6 Å². The van der Waals surface area contributed by atoms with Crippen LogP contribution in [0, 0.1) is 11.3 Å².